The van der Waals surface area contributed by atoms with E-state index < -0.39 is 12.0 Å². The van der Waals surface area contributed by atoms with Crippen LogP contribution in [0.1, 0.15) is 13.3 Å². The summed E-state index contributed by atoms with van der Waals surface area (Å²) in [4.78, 5) is 22.4. The summed E-state index contributed by atoms with van der Waals surface area (Å²) in [5, 5.41) is 5.53. The number of rotatable bonds is 8. The van der Waals surface area contributed by atoms with Gasteiger partial charge in [-0.25, -0.2) is 4.79 Å². The summed E-state index contributed by atoms with van der Waals surface area (Å²) in [7, 11) is 0. The first-order valence-electron chi connectivity index (χ1n) is 6.78. The van der Waals surface area contributed by atoms with Crippen LogP contribution in [-0.4, -0.2) is 38.3 Å². The van der Waals surface area contributed by atoms with Crippen molar-refractivity contribution in [1.82, 2.24) is 10.6 Å². The number of nitrogens with one attached hydrogen (secondary N) is 2. The van der Waals surface area contributed by atoms with Crippen LogP contribution in [-0.2, 0) is 9.53 Å². The van der Waals surface area contributed by atoms with Gasteiger partial charge in [-0.1, -0.05) is 27.5 Å². The van der Waals surface area contributed by atoms with Gasteiger partial charge in [0.1, 0.15) is 12.3 Å². The molecule has 0 bridgehead atoms. The molecule has 1 aromatic carbocycles. The highest BCUT2D eigenvalue weighted by Crippen LogP contribution is 2.27. The standard InChI is InChI=1S/C14H18BrClN2O4/c1-2-21-13(19)9-18-14(20)17-6-3-7-22-12-5-4-10(15)8-11(12)16/h4-5,8H,2-3,6-7,9H2,1H3,(H2,17,18,20). The number of carbonyl (C=O) groups is 2. The van der Waals surface area contributed by atoms with Crippen molar-refractivity contribution in [2.75, 3.05) is 26.3 Å². The predicted octanol–water partition coefficient (Wildman–Crippen LogP) is 2.73. The lowest BCUT2D eigenvalue weighted by Gasteiger charge is -2.09. The summed E-state index contributed by atoms with van der Waals surface area (Å²) in [5.74, 6) is 0.127. The lowest BCUT2D eigenvalue weighted by atomic mass is 10.3. The number of hydrogen-bond acceptors (Lipinski definition) is 4. The van der Waals surface area contributed by atoms with Crippen LogP contribution >= 0.6 is 27.5 Å². The minimum atomic E-state index is -0.467. The zero-order valence-corrected chi connectivity index (χ0v) is 14.5. The van der Waals surface area contributed by atoms with Crippen molar-refractivity contribution in [3.05, 3.63) is 27.7 Å². The van der Waals surface area contributed by atoms with Crippen LogP contribution in [0, 0.1) is 0 Å². The normalized spacial score (nSPS) is 9.95. The zero-order valence-electron chi connectivity index (χ0n) is 12.2. The third kappa shape index (κ3) is 7.51. The Morgan fingerprint density at radius 2 is 2.09 bits per heavy atom. The predicted molar refractivity (Wildman–Crippen MR) is 87.3 cm³/mol. The van der Waals surface area contributed by atoms with Gasteiger partial charge >= 0.3 is 12.0 Å². The number of halogens is 2. The molecule has 0 aliphatic carbocycles. The number of amides is 2. The molecule has 22 heavy (non-hydrogen) atoms. The Bertz CT molecular complexity index is 514. The summed E-state index contributed by atoms with van der Waals surface area (Å²) in [6.07, 6.45) is 0.610. The van der Waals surface area contributed by atoms with E-state index in [0.29, 0.717) is 30.3 Å². The Hall–Kier alpha value is -1.47. The molecule has 0 saturated heterocycles. The van der Waals surface area contributed by atoms with E-state index >= 15 is 0 Å². The topological polar surface area (TPSA) is 76.7 Å². The molecule has 0 spiro atoms. The molecule has 8 heteroatoms. The van der Waals surface area contributed by atoms with Crippen molar-refractivity contribution in [2.24, 2.45) is 0 Å². The van der Waals surface area contributed by atoms with Crippen LogP contribution in [0.15, 0.2) is 22.7 Å². The molecule has 0 saturated carbocycles. The van der Waals surface area contributed by atoms with Crippen molar-refractivity contribution in [3.63, 3.8) is 0 Å². The highest BCUT2D eigenvalue weighted by molar-refractivity contribution is 9.10. The van der Waals surface area contributed by atoms with Gasteiger partial charge in [-0.3, -0.25) is 4.79 Å². The van der Waals surface area contributed by atoms with Gasteiger partial charge in [0, 0.05) is 11.0 Å². The van der Waals surface area contributed by atoms with Crippen LogP contribution in [0.5, 0.6) is 5.75 Å². The fraction of sp³-hybridized carbons (Fsp3) is 0.429. The molecule has 0 fully saturated rings. The Kier molecular flexibility index (Phi) is 8.69. The van der Waals surface area contributed by atoms with Gasteiger partial charge in [-0.2, -0.15) is 0 Å². The second-order valence-electron chi connectivity index (χ2n) is 4.19. The first-order chi connectivity index (χ1) is 10.5. The lowest BCUT2D eigenvalue weighted by molar-refractivity contribution is -0.141. The maximum Gasteiger partial charge on any atom is 0.325 e. The van der Waals surface area contributed by atoms with Crippen molar-refractivity contribution >= 4 is 39.5 Å². The third-order valence-corrected chi connectivity index (χ3v) is 3.25. The van der Waals surface area contributed by atoms with Crippen molar-refractivity contribution in [3.8, 4) is 5.75 Å². The summed E-state index contributed by atoms with van der Waals surface area (Å²) in [6.45, 7) is 2.68. The Morgan fingerprint density at radius 3 is 2.77 bits per heavy atom. The van der Waals surface area contributed by atoms with Gasteiger partial charge in [0.2, 0.25) is 0 Å². The Morgan fingerprint density at radius 1 is 1.32 bits per heavy atom. The molecular weight excluding hydrogens is 376 g/mol. The van der Waals surface area contributed by atoms with Crippen LogP contribution < -0.4 is 15.4 Å². The molecule has 122 valence electrons. The highest BCUT2D eigenvalue weighted by atomic mass is 79.9. The van der Waals surface area contributed by atoms with Crippen LogP contribution in [0.2, 0.25) is 5.02 Å². The maximum absolute atomic E-state index is 11.4. The number of hydrogen-bond donors (Lipinski definition) is 2. The molecule has 0 atom stereocenters. The summed E-state index contributed by atoms with van der Waals surface area (Å²) < 4.78 is 11.1. The van der Waals surface area contributed by atoms with E-state index in [0.717, 1.165) is 4.47 Å². The Labute approximate surface area is 142 Å². The SMILES string of the molecule is CCOC(=O)CNC(=O)NCCCOc1ccc(Br)cc1Cl. The van der Waals surface area contributed by atoms with E-state index in [9.17, 15) is 9.59 Å². The molecule has 0 unspecified atom stereocenters. The molecule has 0 heterocycles. The monoisotopic (exact) mass is 392 g/mol. The second kappa shape index (κ2) is 10.3. The number of esters is 1. The van der Waals surface area contributed by atoms with E-state index in [4.69, 9.17) is 16.3 Å². The molecule has 0 aliphatic heterocycles. The summed E-state index contributed by atoms with van der Waals surface area (Å²) in [6, 6.07) is 4.93. The average Bonchev–Trinajstić information content (AvgIpc) is 2.47. The number of benzene rings is 1. The van der Waals surface area contributed by atoms with Crippen molar-refractivity contribution in [2.45, 2.75) is 13.3 Å². The zero-order chi connectivity index (χ0) is 16.4. The molecule has 1 rings (SSSR count). The maximum atomic E-state index is 11.4. The number of ether oxygens (including phenoxy) is 2. The smallest absolute Gasteiger partial charge is 0.325 e. The van der Waals surface area contributed by atoms with Gasteiger partial charge in [0.25, 0.3) is 0 Å². The van der Waals surface area contributed by atoms with E-state index in [1.54, 1.807) is 19.1 Å². The van der Waals surface area contributed by atoms with E-state index in [1.165, 1.54) is 0 Å². The molecule has 1 aromatic rings. The minimum Gasteiger partial charge on any atom is -0.492 e. The van der Waals surface area contributed by atoms with Gasteiger partial charge < -0.3 is 20.1 Å². The molecule has 2 amide bonds. The largest absolute Gasteiger partial charge is 0.492 e. The number of urea groups is 1. The fourth-order valence-corrected chi connectivity index (χ4v) is 2.20. The number of carbonyl (C=O) groups excluding carboxylic acids is 2. The van der Waals surface area contributed by atoms with Crippen LogP contribution in [0.25, 0.3) is 0 Å². The summed E-state index contributed by atoms with van der Waals surface area (Å²) in [5.41, 5.74) is 0. The third-order valence-electron chi connectivity index (χ3n) is 2.46. The van der Waals surface area contributed by atoms with E-state index in [2.05, 4.69) is 31.3 Å². The summed E-state index contributed by atoms with van der Waals surface area (Å²) >= 11 is 9.32. The molecule has 0 aliphatic rings. The quantitative estimate of drug-likeness (QED) is 0.526. The van der Waals surface area contributed by atoms with Gasteiger partial charge in [-0.05, 0) is 31.5 Å². The van der Waals surface area contributed by atoms with E-state index in [-0.39, 0.29) is 13.2 Å². The van der Waals surface area contributed by atoms with Crippen LogP contribution in [0.3, 0.4) is 0 Å². The van der Waals surface area contributed by atoms with Crippen molar-refractivity contribution in [1.29, 1.82) is 0 Å². The molecular formula is C14H18BrClN2O4. The van der Waals surface area contributed by atoms with Gasteiger partial charge in [0.15, 0.2) is 0 Å². The van der Waals surface area contributed by atoms with Gasteiger partial charge in [0.05, 0.1) is 18.2 Å². The molecule has 6 nitrogen and oxygen atoms in total. The highest BCUT2D eigenvalue weighted by Gasteiger charge is 2.05. The lowest BCUT2D eigenvalue weighted by Crippen LogP contribution is -2.39. The first-order valence-corrected chi connectivity index (χ1v) is 7.95. The Balaban J connectivity index is 2.12. The molecule has 2 N–H and O–H groups in total. The van der Waals surface area contributed by atoms with E-state index in [1.807, 2.05) is 6.07 Å². The van der Waals surface area contributed by atoms with Gasteiger partial charge in [-0.15, -0.1) is 0 Å². The first kappa shape index (κ1) is 18.6. The van der Waals surface area contributed by atoms with Crippen molar-refractivity contribution < 1.29 is 19.1 Å². The van der Waals surface area contributed by atoms with Crippen LogP contribution in [0.4, 0.5) is 4.79 Å². The second-order valence-corrected chi connectivity index (χ2v) is 5.51. The molecule has 0 radical (unpaired) electrons. The fourth-order valence-electron chi connectivity index (χ4n) is 1.48. The average molecular weight is 394 g/mol. The minimum absolute atomic E-state index is 0.148. The molecule has 0 aromatic heterocycles.